The standard InChI is InChI=1S/C26H48BN5O6/c1-16(2)12-20(14-28)25(35)29-11-9-8-10-21(26(36)32-23(27(37)38)13-17(3)4)30-15-22(19(7)33)31-24(34)18(5)6/h12,16-19,21-23,30,33,37-38H,8-11,13,15H2,1-7H3,(H,29,35)(H,31,34)(H,32,36)/t19-,21?,22+,23+/m1/s1. The maximum atomic E-state index is 13.1. The highest BCUT2D eigenvalue weighted by Gasteiger charge is 2.30. The van der Waals surface area contributed by atoms with Crippen LogP contribution in [0, 0.1) is 29.1 Å². The third-order valence-corrected chi connectivity index (χ3v) is 5.82. The van der Waals surface area contributed by atoms with Gasteiger partial charge in [-0.2, -0.15) is 5.26 Å². The maximum absolute atomic E-state index is 13.1. The summed E-state index contributed by atoms with van der Waals surface area (Å²) in [6.07, 6.45) is 2.53. The lowest BCUT2D eigenvalue weighted by atomic mass is 9.75. The number of nitrogens with one attached hydrogen (secondary N) is 4. The van der Waals surface area contributed by atoms with Crippen molar-refractivity contribution in [1.82, 2.24) is 21.3 Å². The lowest BCUT2D eigenvalue weighted by molar-refractivity contribution is -0.125. The molecule has 0 aliphatic rings. The summed E-state index contributed by atoms with van der Waals surface area (Å²) in [6.45, 7) is 13.0. The predicted molar refractivity (Wildman–Crippen MR) is 147 cm³/mol. The number of allylic oxidation sites excluding steroid dienone is 1. The van der Waals surface area contributed by atoms with Gasteiger partial charge in [0.2, 0.25) is 11.8 Å². The molecule has 0 aliphatic carbocycles. The summed E-state index contributed by atoms with van der Waals surface area (Å²) < 4.78 is 0. The summed E-state index contributed by atoms with van der Waals surface area (Å²) in [7, 11) is -1.72. The van der Waals surface area contributed by atoms with E-state index in [0.29, 0.717) is 32.2 Å². The molecule has 0 aromatic carbocycles. The largest absolute Gasteiger partial charge is 0.475 e. The molecule has 0 saturated heterocycles. The number of nitrogens with zero attached hydrogens (tertiary/aromatic N) is 1. The van der Waals surface area contributed by atoms with Crippen LogP contribution >= 0.6 is 0 Å². The number of hydrogen-bond acceptors (Lipinski definition) is 8. The fraction of sp³-hybridized carbons (Fsp3) is 0.769. The number of aliphatic hydroxyl groups is 1. The van der Waals surface area contributed by atoms with Gasteiger partial charge in [0.25, 0.3) is 5.91 Å². The molecular weight excluding hydrogens is 489 g/mol. The fourth-order valence-electron chi connectivity index (χ4n) is 3.60. The van der Waals surface area contributed by atoms with Crippen LogP contribution in [0.5, 0.6) is 0 Å². The van der Waals surface area contributed by atoms with Crippen molar-refractivity contribution in [3.05, 3.63) is 11.6 Å². The minimum absolute atomic E-state index is 0.0605. The van der Waals surface area contributed by atoms with Gasteiger partial charge in [0.1, 0.15) is 11.6 Å². The first-order valence-electron chi connectivity index (χ1n) is 13.5. The molecule has 1 unspecified atom stereocenters. The summed E-state index contributed by atoms with van der Waals surface area (Å²) >= 11 is 0. The van der Waals surface area contributed by atoms with Crippen molar-refractivity contribution in [2.45, 2.75) is 98.3 Å². The molecule has 0 radical (unpaired) electrons. The van der Waals surface area contributed by atoms with Gasteiger partial charge in [-0.25, -0.2) is 0 Å². The summed E-state index contributed by atoms with van der Waals surface area (Å²) in [4.78, 5) is 37.4. The van der Waals surface area contributed by atoms with Gasteiger partial charge in [-0.05, 0) is 44.4 Å². The molecule has 3 amide bonds. The van der Waals surface area contributed by atoms with Crippen LogP contribution in [-0.4, -0.2) is 77.2 Å². The van der Waals surface area contributed by atoms with E-state index in [1.807, 2.05) is 33.8 Å². The van der Waals surface area contributed by atoms with Crippen LogP contribution in [0.25, 0.3) is 0 Å². The van der Waals surface area contributed by atoms with Crippen LogP contribution in [0.4, 0.5) is 0 Å². The highest BCUT2D eigenvalue weighted by Crippen LogP contribution is 2.09. The van der Waals surface area contributed by atoms with Gasteiger partial charge in [-0.15, -0.1) is 0 Å². The smallest absolute Gasteiger partial charge is 0.426 e. The van der Waals surface area contributed by atoms with E-state index in [-0.39, 0.29) is 35.8 Å². The predicted octanol–water partition coefficient (Wildman–Crippen LogP) is 0.402. The van der Waals surface area contributed by atoms with Crippen LogP contribution in [-0.2, 0) is 14.4 Å². The molecule has 12 heteroatoms. The molecule has 216 valence electrons. The van der Waals surface area contributed by atoms with E-state index in [9.17, 15) is 29.5 Å². The second-order valence-corrected chi connectivity index (χ2v) is 10.8. The van der Waals surface area contributed by atoms with Gasteiger partial charge in [-0.3, -0.25) is 14.4 Å². The Hall–Kier alpha value is -2.46. The normalized spacial score (nSPS) is 15.0. The van der Waals surface area contributed by atoms with Crippen LogP contribution in [0.15, 0.2) is 11.6 Å². The van der Waals surface area contributed by atoms with Crippen LogP contribution in [0.1, 0.15) is 74.1 Å². The number of nitriles is 1. The molecule has 0 bridgehead atoms. The zero-order chi connectivity index (χ0) is 29.4. The number of carbonyl (C=O) groups is 3. The lowest BCUT2D eigenvalue weighted by Crippen LogP contribution is -2.56. The SMILES string of the molecule is CC(C)C=C(C#N)C(=O)NCCCCC(NC[C@H](NC(=O)C(C)C)[C@@H](C)O)C(=O)N[C@@H](CC(C)C)B(O)O. The average Bonchev–Trinajstić information content (AvgIpc) is 2.81. The first-order valence-corrected chi connectivity index (χ1v) is 13.5. The third-order valence-electron chi connectivity index (χ3n) is 5.82. The van der Waals surface area contributed by atoms with Crippen molar-refractivity contribution in [3.8, 4) is 6.07 Å². The molecule has 7 N–H and O–H groups in total. The van der Waals surface area contributed by atoms with E-state index in [1.165, 1.54) is 0 Å². The van der Waals surface area contributed by atoms with Crippen LogP contribution in [0.2, 0.25) is 0 Å². The second-order valence-electron chi connectivity index (χ2n) is 10.8. The Bertz CT molecular complexity index is 810. The number of carbonyl (C=O) groups excluding carboxylic acids is 3. The molecule has 0 spiro atoms. The highest BCUT2D eigenvalue weighted by atomic mass is 16.4. The van der Waals surface area contributed by atoms with Crippen LogP contribution in [0.3, 0.4) is 0 Å². The van der Waals surface area contributed by atoms with E-state index in [0.717, 1.165) is 0 Å². The molecule has 0 saturated carbocycles. The zero-order valence-electron chi connectivity index (χ0n) is 24.0. The van der Waals surface area contributed by atoms with Gasteiger partial charge in [0, 0.05) is 19.0 Å². The molecule has 0 heterocycles. The van der Waals surface area contributed by atoms with E-state index in [4.69, 9.17) is 5.26 Å². The summed E-state index contributed by atoms with van der Waals surface area (Å²) in [5.41, 5.74) is 0.0605. The Morgan fingerprint density at radius 1 is 0.974 bits per heavy atom. The molecule has 0 aromatic rings. The van der Waals surface area contributed by atoms with Crippen molar-refractivity contribution >= 4 is 24.8 Å². The summed E-state index contributed by atoms with van der Waals surface area (Å²) in [6, 6.07) is 0.523. The van der Waals surface area contributed by atoms with Gasteiger partial charge in [0.15, 0.2) is 0 Å². The Morgan fingerprint density at radius 3 is 2.08 bits per heavy atom. The Kier molecular flexibility index (Phi) is 17.5. The highest BCUT2D eigenvalue weighted by molar-refractivity contribution is 6.43. The number of amides is 3. The number of hydrogen-bond donors (Lipinski definition) is 7. The van der Waals surface area contributed by atoms with Crippen molar-refractivity contribution in [3.63, 3.8) is 0 Å². The molecule has 0 aliphatic heterocycles. The maximum Gasteiger partial charge on any atom is 0.475 e. The van der Waals surface area contributed by atoms with E-state index >= 15 is 0 Å². The number of rotatable bonds is 18. The van der Waals surface area contributed by atoms with E-state index < -0.39 is 43.1 Å². The van der Waals surface area contributed by atoms with Crippen molar-refractivity contribution < 1.29 is 29.5 Å². The Morgan fingerprint density at radius 2 is 1.61 bits per heavy atom. The minimum atomic E-state index is -1.72. The van der Waals surface area contributed by atoms with Crippen molar-refractivity contribution in [2.75, 3.05) is 13.1 Å². The molecule has 0 fully saturated rings. The van der Waals surface area contributed by atoms with Crippen molar-refractivity contribution in [2.24, 2.45) is 17.8 Å². The molecule has 38 heavy (non-hydrogen) atoms. The molecule has 0 rings (SSSR count). The average molecular weight is 538 g/mol. The topological polar surface area (TPSA) is 184 Å². The summed E-state index contributed by atoms with van der Waals surface area (Å²) in [5.74, 6) is -2.04. The van der Waals surface area contributed by atoms with Gasteiger partial charge < -0.3 is 36.4 Å². The van der Waals surface area contributed by atoms with Crippen molar-refractivity contribution in [1.29, 1.82) is 5.26 Å². The Labute approximate surface area is 228 Å². The monoisotopic (exact) mass is 537 g/mol. The number of aliphatic hydroxyl groups excluding tert-OH is 1. The quantitative estimate of drug-likeness (QED) is 0.0567. The van der Waals surface area contributed by atoms with Crippen LogP contribution < -0.4 is 21.3 Å². The minimum Gasteiger partial charge on any atom is -0.426 e. The Balaban J connectivity index is 5.27. The van der Waals surface area contributed by atoms with E-state index in [2.05, 4.69) is 21.3 Å². The molecular formula is C26H48BN5O6. The first kappa shape index (κ1) is 35.5. The van der Waals surface area contributed by atoms with Gasteiger partial charge in [0.05, 0.1) is 24.1 Å². The third kappa shape index (κ3) is 15.1. The van der Waals surface area contributed by atoms with E-state index in [1.54, 1.807) is 26.8 Å². The molecule has 11 nitrogen and oxygen atoms in total. The second kappa shape index (κ2) is 18.7. The van der Waals surface area contributed by atoms with Gasteiger partial charge >= 0.3 is 7.12 Å². The van der Waals surface area contributed by atoms with Gasteiger partial charge in [-0.1, -0.05) is 47.6 Å². The fourth-order valence-corrected chi connectivity index (χ4v) is 3.60. The number of unbranched alkanes of at least 4 members (excludes halogenated alkanes) is 1. The molecule has 4 atom stereocenters. The lowest BCUT2D eigenvalue weighted by Gasteiger charge is -2.27. The molecule has 0 aromatic heterocycles. The first-order chi connectivity index (χ1) is 17.7. The zero-order valence-corrected chi connectivity index (χ0v) is 24.0. The summed E-state index contributed by atoms with van der Waals surface area (Å²) in [5, 5.41) is 50.0.